The van der Waals surface area contributed by atoms with E-state index in [1.54, 1.807) is 24.3 Å². The molecule has 0 N–H and O–H groups in total. The number of nitrogens with zero attached hydrogens (tertiary/aromatic N) is 2. The summed E-state index contributed by atoms with van der Waals surface area (Å²) in [7, 11) is 0. The summed E-state index contributed by atoms with van der Waals surface area (Å²) < 4.78 is 0. The van der Waals surface area contributed by atoms with E-state index in [2.05, 4.69) is 0 Å². The molecule has 0 radical (unpaired) electrons. The van der Waals surface area contributed by atoms with Crippen LogP contribution in [-0.2, 0) is 9.59 Å². The van der Waals surface area contributed by atoms with Gasteiger partial charge in [0.15, 0.2) is 0 Å². The number of hydrogen-bond acceptors (Lipinski definition) is 4. The third kappa shape index (κ3) is 2.91. The molecule has 2 amide bonds. The highest BCUT2D eigenvalue weighted by molar-refractivity contribution is 6.22. The number of carbonyl (C=O) groups excluding carboxylic acids is 2. The van der Waals surface area contributed by atoms with Gasteiger partial charge in [-0.05, 0) is 62.1 Å². The second kappa shape index (κ2) is 6.71. The molecule has 0 aromatic heterocycles. The molecule has 4 rings (SSSR count). The maximum Gasteiger partial charge on any atom is 0.269 e. The van der Waals surface area contributed by atoms with Gasteiger partial charge in [-0.25, -0.2) is 0 Å². The molecule has 1 saturated heterocycles. The van der Waals surface area contributed by atoms with E-state index in [1.165, 1.54) is 28.2 Å². The Morgan fingerprint density at radius 2 is 1.25 bits per heavy atom. The summed E-state index contributed by atoms with van der Waals surface area (Å²) in [5.74, 6) is -0.758. The van der Waals surface area contributed by atoms with Crippen LogP contribution in [0.2, 0.25) is 0 Å². The lowest BCUT2D eigenvalue weighted by atomic mass is 9.78. The summed E-state index contributed by atoms with van der Waals surface area (Å²) in [5.41, 5.74) is 4.72. The molecule has 6 heteroatoms. The van der Waals surface area contributed by atoms with Crippen molar-refractivity contribution in [1.29, 1.82) is 0 Å². The van der Waals surface area contributed by atoms with Crippen LogP contribution < -0.4 is 4.90 Å². The normalized spacial score (nSPS) is 21.9. The molecule has 2 atom stereocenters. The van der Waals surface area contributed by atoms with Crippen molar-refractivity contribution >= 4 is 23.2 Å². The number of imide groups is 1. The van der Waals surface area contributed by atoms with E-state index in [0.29, 0.717) is 18.5 Å². The lowest BCUT2D eigenvalue weighted by molar-refractivity contribution is -0.384. The van der Waals surface area contributed by atoms with Crippen molar-refractivity contribution in [1.82, 2.24) is 0 Å². The molecule has 0 bridgehead atoms. The van der Waals surface area contributed by atoms with Crippen LogP contribution in [0.25, 0.3) is 11.1 Å². The number of fused-ring (bicyclic) bond motifs is 1. The fourth-order valence-corrected chi connectivity index (χ4v) is 4.08. The zero-order valence-corrected chi connectivity index (χ0v) is 15.7. The molecule has 1 heterocycles. The summed E-state index contributed by atoms with van der Waals surface area (Å²) >= 11 is 0. The molecule has 2 aliphatic rings. The molecule has 1 aliphatic carbocycles. The van der Waals surface area contributed by atoms with Crippen LogP contribution in [0, 0.1) is 22.0 Å². The summed E-state index contributed by atoms with van der Waals surface area (Å²) in [4.78, 5) is 37.4. The van der Waals surface area contributed by atoms with E-state index < -0.39 is 4.92 Å². The standard InChI is InChI=1S/C22H20N2O4/c1-13-11-19-20(12-14(13)2)22(26)23(21(19)25)17-7-3-15(4-8-17)16-5-9-18(10-6-16)24(27)28/h3-10,19-20H,11-12H2,1-2H3/t19-,20-/m1/s1. The molecule has 1 fully saturated rings. The summed E-state index contributed by atoms with van der Waals surface area (Å²) in [6.45, 7) is 4.07. The van der Waals surface area contributed by atoms with Crippen molar-refractivity contribution in [3.63, 3.8) is 0 Å². The Hall–Kier alpha value is -3.28. The summed E-state index contributed by atoms with van der Waals surface area (Å²) in [6, 6.07) is 13.5. The molecule has 0 saturated carbocycles. The second-order valence-corrected chi connectivity index (χ2v) is 7.54. The number of hydrogen-bond donors (Lipinski definition) is 0. The molecule has 1 aliphatic heterocycles. The maximum atomic E-state index is 12.9. The average molecular weight is 376 g/mol. The van der Waals surface area contributed by atoms with Gasteiger partial charge in [-0.3, -0.25) is 24.6 Å². The predicted molar refractivity (Wildman–Crippen MR) is 106 cm³/mol. The fourth-order valence-electron chi connectivity index (χ4n) is 4.08. The largest absolute Gasteiger partial charge is 0.274 e. The van der Waals surface area contributed by atoms with Crippen molar-refractivity contribution in [3.8, 4) is 11.1 Å². The number of non-ortho nitro benzene ring substituents is 1. The number of nitro benzene ring substituents is 1. The van der Waals surface area contributed by atoms with Crippen molar-refractivity contribution in [2.45, 2.75) is 26.7 Å². The van der Waals surface area contributed by atoms with Crippen LogP contribution in [0.5, 0.6) is 0 Å². The van der Waals surface area contributed by atoms with Crippen molar-refractivity contribution in [3.05, 3.63) is 69.8 Å². The SMILES string of the molecule is CC1=C(C)C[C@H]2C(=O)N(c3ccc(-c4ccc([N+](=O)[O-])cc4)cc3)C(=O)[C@@H]2C1. The Morgan fingerprint density at radius 3 is 1.68 bits per heavy atom. The first-order chi connectivity index (χ1) is 13.4. The van der Waals surface area contributed by atoms with Crippen molar-refractivity contribution < 1.29 is 14.5 Å². The number of nitro groups is 1. The van der Waals surface area contributed by atoms with E-state index in [9.17, 15) is 19.7 Å². The van der Waals surface area contributed by atoms with Gasteiger partial charge < -0.3 is 0 Å². The smallest absolute Gasteiger partial charge is 0.269 e. The predicted octanol–water partition coefficient (Wildman–Crippen LogP) is 4.50. The zero-order valence-electron chi connectivity index (χ0n) is 15.7. The minimum Gasteiger partial charge on any atom is -0.274 e. The van der Waals surface area contributed by atoms with Crippen molar-refractivity contribution in [2.24, 2.45) is 11.8 Å². The van der Waals surface area contributed by atoms with E-state index in [1.807, 2.05) is 26.0 Å². The minimum absolute atomic E-state index is 0.0374. The first-order valence-electron chi connectivity index (χ1n) is 9.24. The molecule has 0 spiro atoms. The fraction of sp³-hybridized carbons (Fsp3) is 0.273. The first-order valence-corrected chi connectivity index (χ1v) is 9.24. The highest BCUT2D eigenvalue weighted by atomic mass is 16.6. The third-order valence-electron chi connectivity index (χ3n) is 5.88. The Labute approximate surface area is 162 Å². The molecule has 6 nitrogen and oxygen atoms in total. The lowest BCUT2D eigenvalue weighted by Gasteiger charge is -2.23. The van der Waals surface area contributed by atoms with E-state index in [0.717, 1.165) is 11.1 Å². The van der Waals surface area contributed by atoms with E-state index >= 15 is 0 Å². The zero-order chi connectivity index (χ0) is 20.0. The van der Waals surface area contributed by atoms with E-state index in [4.69, 9.17) is 0 Å². The average Bonchev–Trinajstić information content (AvgIpc) is 2.92. The summed E-state index contributed by atoms with van der Waals surface area (Å²) in [5, 5.41) is 10.8. The Balaban J connectivity index is 1.58. The quantitative estimate of drug-likeness (QED) is 0.342. The molecule has 28 heavy (non-hydrogen) atoms. The molecule has 2 aromatic rings. The van der Waals surface area contributed by atoms with Crippen LogP contribution in [0.4, 0.5) is 11.4 Å². The monoisotopic (exact) mass is 376 g/mol. The van der Waals surface area contributed by atoms with Crippen LogP contribution in [-0.4, -0.2) is 16.7 Å². The van der Waals surface area contributed by atoms with E-state index in [-0.39, 0.29) is 29.3 Å². The Morgan fingerprint density at radius 1 is 0.821 bits per heavy atom. The van der Waals surface area contributed by atoms with Gasteiger partial charge in [0.25, 0.3) is 5.69 Å². The van der Waals surface area contributed by atoms with Gasteiger partial charge in [-0.2, -0.15) is 0 Å². The van der Waals surface area contributed by atoms with Crippen LogP contribution in [0.3, 0.4) is 0 Å². The van der Waals surface area contributed by atoms with Crippen molar-refractivity contribution in [2.75, 3.05) is 4.90 Å². The van der Waals surface area contributed by atoms with Gasteiger partial charge >= 0.3 is 0 Å². The number of anilines is 1. The number of allylic oxidation sites excluding steroid dienone is 2. The van der Waals surface area contributed by atoms with Gasteiger partial charge in [0, 0.05) is 12.1 Å². The number of benzene rings is 2. The minimum atomic E-state index is -0.435. The molecule has 2 aromatic carbocycles. The molecule has 0 unspecified atom stereocenters. The van der Waals surface area contributed by atoms with Gasteiger partial charge in [0.1, 0.15) is 0 Å². The third-order valence-corrected chi connectivity index (χ3v) is 5.88. The number of rotatable bonds is 3. The first kappa shape index (κ1) is 18.1. The van der Waals surface area contributed by atoms with Gasteiger partial charge in [0.2, 0.25) is 11.8 Å². The molecular weight excluding hydrogens is 356 g/mol. The van der Waals surface area contributed by atoms with Crippen LogP contribution in [0.1, 0.15) is 26.7 Å². The molecule has 142 valence electrons. The second-order valence-electron chi connectivity index (χ2n) is 7.54. The topological polar surface area (TPSA) is 80.5 Å². The van der Waals surface area contributed by atoms with Crippen LogP contribution >= 0.6 is 0 Å². The van der Waals surface area contributed by atoms with Gasteiger partial charge in [0.05, 0.1) is 22.4 Å². The molecular formula is C22H20N2O4. The summed E-state index contributed by atoms with van der Waals surface area (Å²) in [6.07, 6.45) is 1.30. The van der Waals surface area contributed by atoms with Crippen LogP contribution in [0.15, 0.2) is 59.7 Å². The maximum absolute atomic E-state index is 12.9. The Bertz CT molecular complexity index is 974. The van der Waals surface area contributed by atoms with Gasteiger partial charge in [-0.15, -0.1) is 0 Å². The Kier molecular flexibility index (Phi) is 4.34. The number of carbonyl (C=O) groups is 2. The number of amides is 2. The highest BCUT2D eigenvalue weighted by Gasteiger charge is 2.49. The lowest BCUT2D eigenvalue weighted by Crippen LogP contribution is -2.30. The highest BCUT2D eigenvalue weighted by Crippen LogP contribution is 2.42. The van der Waals surface area contributed by atoms with Gasteiger partial charge in [-0.1, -0.05) is 23.3 Å².